The van der Waals surface area contributed by atoms with E-state index in [-0.39, 0.29) is 12.0 Å². The average molecular weight is 368 g/mol. The van der Waals surface area contributed by atoms with Gasteiger partial charge in [0.1, 0.15) is 17.2 Å². The van der Waals surface area contributed by atoms with Crippen LogP contribution in [0.5, 0.6) is 5.88 Å². The zero-order valence-electron chi connectivity index (χ0n) is 16.0. The van der Waals surface area contributed by atoms with E-state index in [4.69, 9.17) is 9.15 Å². The molecule has 0 radical (unpaired) electrons. The van der Waals surface area contributed by atoms with Crippen LogP contribution in [-0.4, -0.2) is 38.6 Å². The molecule has 4 heterocycles. The van der Waals surface area contributed by atoms with E-state index in [1.54, 1.807) is 6.92 Å². The van der Waals surface area contributed by atoms with Crippen molar-refractivity contribution in [3.05, 3.63) is 34.7 Å². The summed E-state index contributed by atoms with van der Waals surface area (Å²) in [4.78, 5) is 20.1. The van der Waals surface area contributed by atoms with Gasteiger partial charge in [0.15, 0.2) is 0 Å². The Morgan fingerprint density at radius 2 is 2.04 bits per heavy atom. The lowest BCUT2D eigenvalue weighted by atomic mass is 9.73. The van der Waals surface area contributed by atoms with E-state index in [1.807, 2.05) is 24.8 Å². The van der Waals surface area contributed by atoms with Crippen LogP contribution in [0.3, 0.4) is 0 Å². The van der Waals surface area contributed by atoms with Crippen LogP contribution < -0.4 is 4.74 Å². The Balaban J connectivity index is 1.52. The second-order valence-corrected chi connectivity index (χ2v) is 8.28. The Morgan fingerprint density at radius 3 is 2.67 bits per heavy atom. The predicted molar refractivity (Wildman–Crippen MR) is 96.5 cm³/mol. The predicted octanol–water partition coefficient (Wildman–Crippen LogP) is 3.08. The zero-order chi connectivity index (χ0) is 18.8. The second kappa shape index (κ2) is 5.78. The molecule has 7 heteroatoms. The molecule has 27 heavy (non-hydrogen) atoms. The number of hydrogen-bond acceptors (Lipinski definition) is 6. The van der Waals surface area contributed by atoms with Crippen molar-refractivity contribution in [2.24, 2.45) is 5.92 Å². The summed E-state index contributed by atoms with van der Waals surface area (Å²) in [5.41, 5.74) is 1.89. The lowest BCUT2D eigenvalue weighted by Crippen LogP contribution is -2.46. The van der Waals surface area contributed by atoms with Crippen LogP contribution in [0.4, 0.5) is 0 Å². The SMILES string of the molecule is Cc1cc(C)c(C(=O)N2CC3CC2(c2nnc(C)o2)C3)c(OC2CCC2)n1. The van der Waals surface area contributed by atoms with Gasteiger partial charge in [0, 0.05) is 19.2 Å². The minimum absolute atomic E-state index is 0.0369. The number of ether oxygens (including phenoxy) is 1. The highest BCUT2D eigenvalue weighted by Gasteiger charge is 2.62. The topological polar surface area (TPSA) is 81.4 Å². The fourth-order valence-electron chi connectivity index (χ4n) is 4.66. The third-order valence-electron chi connectivity index (χ3n) is 6.24. The molecule has 7 nitrogen and oxygen atoms in total. The van der Waals surface area contributed by atoms with E-state index in [1.165, 1.54) is 6.42 Å². The minimum atomic E-state index is -0.464. The van der Waals surface area contributed by atoms with Crippen LogP contribution in [0.2, 0.25) is 0 Å². The maximum absolute atomic E-state index is 13.6. The molecule has 6 rings (SSSR count). The fraction of sp³-hybridized carbons (Fsp3) is 0.600. The van der Waals surface area contributed by atoms with Crippen molar-refractivity contribution in [1.29, 1.82) is 0 Å². The van der Waals surface area contributed by atoms with Gasteiger partial charge in [0.05, 0.1) is 0 Å². The lowest BCUT2D eigenvalue weighted by molar-refractivity contribution is 0.0438. The molecule has 2 bridgehead atoms. The number of rotatable bonds is 4. The first-order valence-electron chi connectivity index (χ1n) is 9.74. The number of nitrogens with zero attached hydrogens (tertiary/aromatic N) is 4. The number of fused-ring (bicyclic) bond motifs is 1. The quantitative estimate of drug-likeness (QED) is 0.825. The maximum Gasteiger partial charge on any atom is 0.260 e. The van der Waals surface area contributed by atoms with E-state index in [2.05, 4.69) is 15.2 Å². The molecular formula is C20H24N4O3. The van der Waals surface area contributed by atoms with Gasteiger partial charge in [-0.1, -0.05) is 0 Å². The van der Waals surface area contributed by atoms with Crippen molar-refractivity contribution < 1.29 is 13.9 Å². The van der Waals surface area contributed by atoms with Gasteiger partial charge in [-0.15, -0.1) is 10.2 Å². The first kappa shape index (κ1) is 16.7. The molecule has 1 amide bonds. The van der Waals surface area contributed by atoms with Crippen molar-refractivity contribution >= 4 is 5.91 Å². The molecule has 0 atom stereocenters. The molecule has 0 aromatic carbocycles. The highest BCUT2D eigenvalue weighted by Crippen LogP contribution is 2.57. The monoisotopic (exact) mass is 368 g/mol. The van der Waals surface area contributed by atoms with Gasteiger partial charge in [0.2, 0.25) is 17.7 Å². The van der Waals surface area contributed by atoms with Gasteiger partial charge in [-0.3, -0.25) is 4.79 Å². The van der Waals surface area contributed by atoms with Gasteiger partial charge in [-0.25, -0.2) is 4.98 Å². The van der Waals surface area contributed by atoms with Crippen LogP contribution in [0.25, 0.3) is 0 Å². The molecule has 2 aromatic rings. The summed E-state index contributed by atoms with van der Waals surface area (Å²) in [5.74, 6) is 2.02. The van der Waals surface area contributed by atoms with Gasteiger partial charge in [-0.2, -0.15) is 0 Å². The number of amides is 1. The molecule has 4 aliphatic rings. The summed E-state index contributed by atoms with van der Waals surface area (Å²) in [6, 6.07) is 1.95. The van der Waals surface area contributed by atoms with Crippen molar-refractivity contribution in [1.82, 2.24) is 20.1 Å². The standard InChI is InChI=1S/C20H24N4O3/c1-11-7-12(2)21-17(27-15-5-4-6-15)16(11)18(25)24-10-14-8-20(24,9-14)19-23-22-13(3)26-19/h7,14-15H,4-6,8-10H2,1-3H3. The Bertz CT molecular complexity index is 912. The van der Waals surface area contributed by atoms with Crippen LogP contribution in [0.1, 0.15) is 65.5 Å². The molecule has 142 valence electrons. The fourth-order valence-corrected chi connectivity index (χ4v) is 4.66. The Labute approximate surface area is 158 Å². The maximum atomic E-state index is 13.6. The van der Waals surface area contributed by atoms with Crippen LogP contribution in [-0.2, 0) is 5.54 Å². The number of pyridine rings is 1. The number of aromatic nitrogens is 3. The summed E-state index contributed by atoms with van der Waals surface area (Å²) in [6.45, 7) is 6.39. The van der Waals surface area contributed by atoms with Gasteiger partial charge >= 0.3 is 0 Å². The first-order chi connectivity index (χ1) is 13.0. The molecule has 0 spiro atoms. The van der Waals surface area contributed by atoms with Crippen molar-refractivity contribution in [3.8, 4) is 5.88 Å². The van der Waals surface area contributed by atoms with E-state index < -0.39 is 5.54 Å². The number of hydrogen-bond donors (Lipinski definition) is 0. The first-order valence-corrected chi connectivity index (χ1v) is 9.74. The van der Waals surface area contributed by atoms with E-state index in [9.17, 15) is 4.79 Å². The summed E-state index contributed by atoms with van der Waals surface area (Å²) in [6.07, 6.45) is 5.17. The van der Waals surface area contributed by atoms with Crippen LogP contribution in [0, 0.1) is 26.7 Å². The van der Waals surface area contributed by atoms with E-state index >= 15 is 0 Å². The van der Waals surface area contributed by atoms with E-state index in [0.29, 0.717) is 29.1 Å². The van der Waals surface area contributed by atoms with Gasteiger partial charge in [-0.05, 0) is 63.5 Å². The van der Waals surface area contributed by atoms with Crippen molar-refractivity contribution in [2.75, 3.05) is 6.54 Å². The summed E-state index contributed by atoms with van der Waals surface area (Å²) < 4.78 is 11.8. The Morgan fingerprint density at radius 1 is 1.26 bits per heavy atom. The third kappa shape index (κ3) is 2.47. The normalized spacial score (nSPS) is 26.6. The smallest absolute Gasteiger partial charge is 0.260 e. The minimum Gasteiger partial charge on any atom is -0.474 e. The molecule has 2 saturated carbocycles. The number of carbonyl (C=O) groups is 1. The summed E-state index contributed by atoms with van der Waals surface area (Å²) in [5, 5.41) is 8.22. The molecule has 2 aliphatic carbocycles. The molecule has 2 aliphatic heterocycles. The molecule has 0 N–H and O–H groups in total. The second-order valence-electron chi connectivity index (χ2n) is 8.28. The summed E-state index contributed by atoms with van der Waals surface area (Å²) in [7, 11) is 0. The van der Waals surface area contributed by atoms with Crippen molar-refractivity contribution in [3.63, 3.8) is 0 Å². The molecule has 2 aromatic heterocycles. The van der Waals surface area contributed by atoms with Gasteiger partial charge in [0.25, 0.3) is 5.91 Å². The van der Waals surface area contributed by atoms with Crippen molar-refractivity contribution in [2.45, 2.75) is 64.5 Å². The molecule has 2 saturated heterocycles. The summed E-state index contributed by atoms with van der Waals surface area (Å²) >= 11 is 0. The molecular weight excluding hydrogens is 344 g/mol. The number of carbonyl (C=O) groups excluding carboxylic acids is 1. The Hall–Kier alpha value is -2.44. The largest absolute Gasteiger partial charge is 0.474 e. The molecule has 4 fully saturated rings. The average Bonchev–Trinajstić information content (AvgIpc) is 3.21. The zero-order valence-corrected chi connectivity index (χ0v) is 16.0. The van der Waals surface area contributed by atoms with Crippen LogP contribution >= 0.6 is 0 Å². The van der Waals surface area contributed by atoms with Crippen LogP contribution in [0.15, 0.2) is 10.5 Å². The Kier molecular flexibility index (Phi) is 3.58. The number of aryl methyl sites for hydroxylation is 3. The van der Waals surface area contributed by atoms with Gasteiger partial charge < -0.3 is 14.1 Å². The lowest BCUT2D eigenvalue weighted by Gasteiger charge is -2.39. The highest BCUT2D eigenvalue weighted by atomic mass is 16.5. The third-order valence-corrected chi connectivity index (χ3v) is 6.24. The van der Waals surface area contributed by atoms with E-state index in [0.717, 1.165) is 43.5 Å². The molecule has 0 unspecified atom stereocenters. The highest BCUT2D eigenvalue weighted by molar-refractivity contribution is 5.98.